The Labute approximate surface area is 195 Å². The summed E-state index contributed by atoms with van der Waals surface area (Å²) in [4.78, 5) is 25.0. The second-order valence-corrected chi connectivity index (χ2v) is 9.78. The van der Waals surface area contributed by atoms with E-state index in [0.29, 0.717) is 17.3 Å². The molecule has 0 unspecified atom stereocenters. The molecule has 0 saturated carbocycles. The van der Waals surface area contributed by atoms with Gasteiger partial charge in [0, 0.05) is 35.4 Å². The van der Waals surface area contributed by atoms with Gasteiger partial charge in [0.2, 0.25) is 5.91 Å². The number of thiazole rings is 1. The highest BCUT2D eigenvalue weighted by Gasteiger charge is 2.21. The molecule has 0 N–H and O–H groups in total. The Hall–Kier alpha value is -2.35. The molecule has 0 atom stereocenters. The lowest BCUT2D eigenvalue weighted by atomic mass is 10.2. The number of halogens is 1. The average Bonchev–Trinajstić information content (AvgIpc) is 3.43. The smallest absolute Gasteiger partial charge is 0.239 e. The molecule has 8 heteroatoms. The number of thioether (sulfide) groups is 1. The summed E-state index contributed by atoms with van der Waals surface area (Å²) in [6.07, 6.45) is 6.30. The van der Waals surface area contributed by atoms with Crippen LogP contribution in [0.3, 0.4) is 0 Å². The van der Waals surface area contributed by atoms with Crippen LogP contribution in [-0.2, 0) is 11.3 Å². The van der Waals surface area contributed by atoms with E-state index < -0.39 is 0 Å². The Bertz CT molecular complexity index is 1170. The maximum absolute atomic E-state index is 13.2. The van der Waals surface area contributed by atoms with E-state index in [1.807, 2.05) is 34.7 Å². The number of carbonyl (C=O) groups is 1. The van der Waals surface area contributed by atoms with E-state index in [4.69, 9.17) is 16.6 Å². The number of imidazole rings is 1. The first kappa shape index (κ1) is 21.9. The van der Waals surface area contributed by atoms with Gasteiger partial charge in [-0.05, 0) is 50.1 Å². The molecule has 0 radical (unpaired) electrons. The zero-order chi connectivity index (χ0) is 21.8. The van der Waals surface area contributed by atoms with Gasteiger partial charge in [0.25, 0.3) is 0 Å². The molecule has 2 aromatic heterocycles. The van der Waals surface area contributed by atoms with Crippen molar-refractivity contribution in [3.63, 3.8) is 0 Å². The molecule has 1 amide bonds. The van der Waals surface area contributed by atoms with Gasteiger partial charge in [-0.3, -0.25) is 9.69 Å². The standard InChI is InChI=1S/C23H23ClN4OS2/c1-16-4-6-18(7-5-16)30-14-21(29)28(12-3-11-27-13-10-25-15-27)23-26-22-17(2)19(24)8-9-20(22)31-23/h4-10,13,15H,3,11-12,14H2,1-2H3. The third kappa shape index (κ3) is 5.29. The van der Waals surface area contributed by atoms with Gasteiger partial charge in [-0.25, -0.2) is 9.97 Å². The third-order valence-electron chi connectivity index (χ3n) is 5.01. The molecule has 0 bridgehead atoms. The van der Waals surface area contributed by atoms with E-state index in [9.17, 15) is 4.79 Å². The van der Waals surface area contributed by atoms with Crippen molar-refractivity contribution in [2.24, 2.45) is 0 Å². The summed E-state index contributed by atoms with van der Waals surface area (Å²) in [5.41, 5.74) is 3.02. The first-order valence-electron chi connectivity index (χ1n) is 10.0. The van der Waals surface area contributed by atoms with E-state index in [1.54, 1.807) is 24.3 Å². The summed E-state index contributed by atoms with van der Waals surface area (Å²) in [5.74, 6) is 0.420. The number of fused-ring (bicyclic) bond motifs is 1. The summed E-state index contributed by atoms with van der Waals surface area (Å²) >= 11 is 9.37. The third-order valence-corrected chi connectivity index (χ3v) is 7.46. The van der Waals surface area contributed by atoms with Crippen LogP contribution in [-0.4, -0.2) is 32.7 Å². The maximum atomic E-state index is 13.2. The van der Waals surface area contributed by atoms with Crippen LogP contribution in [0.5, 0.6) is 0 Å². The molecular formula is C23H23ClN4OS2. The average molecular weight is 471 g/mol. The predicted molar refractivity (Wildman–Crippen MR) is 130 cm³/mol. The largest absolute Gasteiger partial charge is 0.337 e. The van der Waals surface area contributed by atoms with Crippen LogP contribution in [0.25, 0.3) is 10.2 Å². The molecule has 160 valence electrons. The normalized spacial score (nSPS) is 11.2. The Kier molecular flexibility index (Phi) is 6.95. The fraction of sp³-hybridized carbons (Fsp3) is 0.261. The molecule has 0 aliphatic rings. The lowest BCUT2D eigenvalue weighted by molar-refractivity contribution is -0.116. The molecule has 0 aliphatic heterocycles. The molecular weight excluding hydrogens is 448 g/mol. The second-order valence-electron chi connectivity index (χ2n) is 7.32. The van der Waals surface area contributed by atoms with E-state index in [2.05, 4.69) is 36.2 Å². The van der Waals surface area contributed by atoms with Gasteiger partial charge in [0.1, 0.15) is 0 Å². The molecule has 4 aromatic rings. The lowest BCUT2D eigenvalue weighted by Crippen LogP contribution is -2.33. The highest BCUT2D eigenvalue weighted by molar-refractivity contribution is 8.00. The van der Waals surface area contributed by atoms with Gasteiger partial charge in [0.05, 0.1) is 22.3 Å². The summed E-state index contributed by atoms with van der Waals surface area (Å²) in [6, 6.07) is 12.1. The Morgan fingerprint density at radius 2 is 2.00 bits per heavy atom. The van der Waals surface area contributed by atoms with Crippen LogP contribution in [0.2, 0.25) is 5.02 Å². The minimum absolute atomic E-state index is 0.0546. The number of aryl methyl sites for hydroxylation is 3. The summed E-state index contributed by atoms with van der Waals surface area (Å²) in [7, 11) is 0. The van der Waals surface area contributed by atoms with Crippen LogP contribution < -0.4 is 4.90 Å². The molecule has 2 heterocycles. The summed E-state index contributed by atoms with van der Waals surface area (Å²) in [5, 5.41) is 1.41. The van der Waals surface area contributed by atoms with E-state index in [1.165, 1.54) is 16.9 Å². The fourth-order valence-electron chi connectivity index (χ4n) is 3.22. The molecule has 0 aliphatic carbocycles. The van der Waals surface area contributed by atoms with Gasteiger partial charge in [-0.15, -0.1) is 11.8 Å². The number of hydrogen-bond acceptors (Lipinski definition) is 5. The van der Waals surface area contributed by atoms with Crippen LogP contribution >= 0.6 is 34.7 Å². The molecule has 0 spiro atoms. The van der Waals surface area contributed by atoms with Gasteiger partial charge < -0.3 is 4.57 Å². The number of amides is 1. The Morgan fingerprint density at radius 1 is 1.19 bits per heavy atom. The SMILES string of the molecule is Cc1ccc(SCC(=O)N(CCCn2ccnc2)c2nc3c(C)c(Cl)ccc3s2)cc1. The first-order chi connectivity index (χ1) is 15.0. The Morgan fingerprint density at radius 3 is 2.74 bits per heavy atom. The van der Waals surface area contributed by atoms with Crippen LogP contribution in [0.4, 0.5) is 5.13 Å². The topological polar surface area (TPSA) is 51.0 Å². The quantitative estimate of drug-likeness (QED) is 0.297. The monoisotopic (exact) mass is 470 g/mol. The first-order valence-corrected chi connectivity index (χ1v) is 12.2. The zero-order valence-electron chi connectivity index (χ0n) is 17.4. The molecule has 31 heavy (non-hydrogen) atoms. The van der Waals surface area contributed by atoms with Crippen molar-refractivity contribution in [2.45, 2.75) is 31.7 Å². The van der Waals surface area contributed by atoms with Crippen LogP contribution in [0, 0.1) is 13.8 Å². The van der Waals surface area contributed by atoms with Gasteiger partial charge >= 0.3 is 0 Å². The van der Waals surface area contributed by atoms with Crippen molar-refractivity contribution in [3.8, 4) is 0 Å². The molecule has 5 nitrogen and oxygen atoms in total. The number of rotatable bonds is 8. The molecule has 4 rings (SSSR count). The minimum Gasteiger partial charge on any atom is -0.337 e. The van der Waals surface area contributed by atoms with E-state index >= 15 is 0 Å². The van der Waals surface area contributed by atoms with E-state index in [0.717, 1.165) is 38.8 Å². The number of aromatic nitrogens is 3. The predicted octanol–water partition coefficient (Wildman–Crippen LogP) is 5.98. The summed E-state index contributed by atoms with van der Waals surface area (Å²) < 4.78 is 3.06. The van der Waals surface area contributed by atoms with Crippen molar-refractivity contribution in [1.82, 2.24) is 14.5 Å². The van der Waals surface area contributed by atoms with Gasteiger partial charge in [-0.2, -0.15) is 0 Å². The maximum Gasteiger partial charge on any atom is 0.239 e. The highest BCUT2D eigenvalue weighted by atomic mass is 35.5. The lowest BCUT2D eigenvalue weighted by Gasteiger charge is -2.20. The van der Waals surface area contributed by atoms with Crippen molar-refractivity contribution < 1.29 is 4.79 Å². The zero-order valence-corrected chi connectivity index (χ0v) is 19.8. The number of benzene rings is 2. The van der Waals surface area contributed by atoms with Gasteiger partial charge in [0.15, 0.2) is 5.13 Å². The number of nitrogens with zero attached hydrogens (tertiary/aromatic N) is 4. The van der Waals surface area contributed by atoms with Crippen molar-refractivity contribution in [1.29, 1.82) is 0 Å². The Balaban J connectivity index is 1.53. The minimum atomic E-state index is 0.0546. The van der Waals surface area contributed by atoms with Crippen molar-refractivity contribution in [3.05, 3.63) is 71.3 Å². The van der Waals surface area contributed by atoms with Crippen LogP contribution in [0.15, 0.2) is 60.0 Å². The molecule has 2 aromatic carbocycles. The number of anilines is 1. The number of carbonyl (C=O) groups excluding carboxylic acids is 1. The fourth-order valence-corrected chi connectivity index (χ4v) is 5.21. The van der Waals surface area contributed by atoms with Gasteiger partial charge in [-0.1, -0.05) is 40.6 Å². The highest BCUT2D eigenvalue weighted by Crippen LogP contribution is 2.34. The number of hydrogen-bond donors (Lipinski definition) is 0. The molecule has 0 saturated heterocycles. The summed E-state index contributed by atoms with van der Waals surface area (Å²) in [6.45, 7) is 5.41. The van der Waals surface area contributed by atoms with Crippen LogP contribution in [0.1, 0.15) is 17.5 Å². The van der Waals surface area contributed by atoms with Crippen molar-refractivity contribution in [2.75, 3.05) is 17.2 Å². The van der Waals surface area contributed by atoms with Crippen molar-refractivity contribution >= 4 is 56.0 Å². The second kappa shape index (κ2) is 9.85. The molecule has 0 fully saturated rings. The van der Waals surface area contributed by atoms with E-state index in [-0.39, 0.29) is 5.91 Å².